The SMILES string of the molecule is O=C(O)c1ccccc1CCC(=O)N1CCc2c(Br)cccc2C1. The number of aryl methyl sites for hydroxylation is 1. The maximum atomic E-state index is 12.5. The van der Waals surface area contributed by atoms with Crippen molar-refractivity contribution >= 4 is 27.8 Å². The number of carboxylic acid groups (broad SMARTS) is 1. The number of carboxylic acids is 1. The van der Waals surface area contributed by atoms with Crippen LogP contribution in [0, 0.1) is 0 Å². The summed E-state index contributed by atoms with van der Waals surface area (Å²) in [6.07, 6.45) is 1.62. The van der Waals surface area contributed by atoms with Crippen molar-refractivity contribution in [1.29, 1.82) is 0 Å². The molecule has 2 aromatic rings. The van der Waals surface area contributed by atoms with E-state index >= 15 is 0 Å². The molecular weight excluding hydrogens is 370 g/mol. The van der Waals surface area contributed by atoms with Gasteiger partial charge in [0.1, 0.15) is 0 Å². The molecule has 0 fully saturated rings. The Kier molecular flexibility index (Phi) is 5.00. The molecule has 3 rings (SSSR count). The lowest BCUT2D eigenvalue weighted by molar-refractivity contribution is -0.132. The first kappa shape index (κ1) is 16.7. The van der Waals surface area contributed by atoms with Gasteiger partial charge < -0.3 is 10.0 Å². The summed E-state index contributed by atoms with van der Waals surface area (Å²) in [4.78, 5) is 25.6. The highest BCUT2D eigenvalue weighted by molar-refractivity contribution is 9.10. The van der Waals surface area contributed by atoms with Gasteiger partial charge in [0.25, 0.3) is 0 Å². The normalized spacial score (nSPS) is 13.5. The topological polar surface area (TPSA) is 57.6 Å². The highest BCUT2D eigenvalue weighted by Gasteiger charge is 2.22. The third-order valence-electron chi connectivity index (χ3n) is 4.42. The van der Waals surface area contributed by atoms with Crippen LogP contribution in [0.4, 0.5) is 0 Å². The molecule has 0 saturated carbocycles. The molecule has 0 unspecified atom stereocenters. The molecule has 1 aliphatic heterocycles. The molecule has 4 nitrogen and oxygen atoms in total. The molecule has 2 aromatic carbocycles. The summed E-state index contributed by atoms with van der Waals surface area (Å²) in [6, 6.07) is 12.9. The second kappa shape index (κ2) is 7.18. The second-order valence-electron chi connectivity index (χ2n) is 5.91. The molecule has 0 bridgehead atoms. The minimum absolute atomic E-state index is 0.0702. The lowest BCUT2D eigenvalue weighted by Gasteiger charge is -2.29. The first-order chi connectivity index (χ1) is 11.6. The van der Waals surface area contributed by atoms with Gasteiger partial charge in [0.2, 0.25) is 5.91 Å². The molecule has 1 heterocycles. The number of fused-ring (bicyclic) bond motifs is 1. The number of halogens is 1. The molecule has 5 heteroatoms. The monoisotopic (exact) mass is 387 g/mol. The molecule has 1 amide bonds. The lowest BCUT2D eigenvalue weighted by atomic mass is 9.98. The molecule has 0 aromatic heterocycles. The van der Waals surface area contributed by atoms with E-state index in [1.807, 2.05) is 17.0 Å². The van der Waals surface area contributed by atoms with E-state index in [-0.39, 0.29) is 11.5 Å². The first-order valence-corrected chi connectivity index (χ1v) is 8.71. The summed E-state index contributed by atoms with van der Waals surface area (Å²) in [5.74, 6) is -0.879. The Hall–Kier alpha value is -2.14. The molecule has 0 aliphatic carbocycles. The van der Waals surface area contributed by atoms with Crippen molar-refractivity contribution < 1.29 is 14.7 Å². The van der Waals surface area contributed by atoms with Crippen molar-refractivity contribution in [3.8, 4) is 0 Å². The van der Waals surface area contributed by atoms with Gasteiger partial charge in [0.05, 0.1) is 5.56 Å². The summed E-state index contributed by atoms with van der Waals surface area (Å²) in [7, 11) is 0. The van der Waals surface area contributed by atoms with Crippen molar-refractivity contribution in [3.63, 3.8) is 0 Å². The highest BCUT2D eigenvalue weighted by Crippen LogP contribution is 2.26. The van der Waals surface area contributed by atoms with Gasteiger partial charge in [-0.1, -0.05) is 46.3 Å². The van der Waals surface area contributed by atoms with E-state index in [4.69, 9.17) is 0 Å². The van der Waals surface area contributed by atoms with Gasteiger partial charge in [0.15, 0.2) is 0 Å². The third kappa shape index (κ3) is 3.51. The van der Waals surface area contributed by atoms with E-state index in [0.29, 0.717) is 31.5 Å². The van der Waals surface area contributed by atoms with E-state index in [2.05, 4.69) is 22.0 Å². The molecular formula is C19H18BrNO3. The van der Waals surface area contributed by atoms with E-state index in [1.165, 1.54) is 11.1 Å². The van der Waals surface area contributed by atoms with Crippen LogP contribution in [-0.4, -0.2) is 28.4 Å². The maximum absolute atomic E-state index is 12.5. The van der Waals surface area contributed by atoms with Crippen molar-refractivity contribution in [2.24, 2.45) is 0 Å². The Morgan fingerprint density at radius 3 is 2.71 bits per heavy atom. The lowest BCUT2D eigenvalue weighted by Crippen LogP contribution is -2.36. The van der Waals surface area contributed by atoms with Crippen molar-refractivity contribution in [1.82, 2.24) is 4.90 Å². The number of nitrogens with zero attached hydrogens (tertiary/aromatic N) is 1. The van der Waals surface area contributed by atoms with Crippen molar-refractivity contribution in [2.45, 2.75) is 25.8 Å². The Balaban J connectivity index is 1.66. The average Bonchev–Trinajstić information content (AvgIpc) is 2.59. The molecule has 1 aliphatic rings. The van der Waals surface area contributed by atoms with Crippen LogP contribution in [0.5, 0.6) is 0 Å². The molecule has 0 spiro atoms. The highest BCUT2D eigenvalue weighted by atomic mass is 79.9. The number of aromatic carboxylic acids is 1. The van der Waals surface area contributed by atoms with E-state index in [1.54, 1.807) is 24.3 Å². The zero-order chi connectivity index (χ0) is 17.1. The van der Waals surface area contributed by atoms with Crippen LogP contribution in [0.3, 0.4) is 0 Å². The van der Waals surface area contributed by atoms with Crippen LogP contribution in [0.25, 0.3) is 0 Å². The number of carbonyl (C=O) groups is 2. The van der Waals surface area contributed by atoms with Crippen LogP contribution in [-0.2, 0) is 24.2 Å². The van der Waals surface area contributed by atoms with Crippen LogP contribution in [0.2, 0.25) is 0 Å². The second-order valence-corrected chi connectivity index (χ2v) is 6.76. The average molecular weight is 388 g/mol. The van der Waals surface area contributed by atoms with Crippen molar-refractivity contribution in [3.05, 3.63) is 69.2 Å². The summed E-state index contributed by atoms with van der Waals surface area (Å²) >= 11 is 3.56. The third-order valence-corrected chi connectivity index (χ3v) is 5.16. The minimum Gasteiger partial charge on any atom is -0.478 e. The quantitative estimate of drug-likeness (QED) is 0.870. The van der Waals surface area contributed by atoms with Gasteiger partial charge >= 0.3 is 5.97 Å². The Bertz CT molecular complexity index is 788. The number of hydrogen-bond donors (Lipinski definition) is 1. The van der Waals surface area contributed by atoms with Crippen LogP contribution >= 0.6 is 15.9 Å². The molecule has 0 atom stereocenters. The van der Waals surface area contributed by atoms with Gasteiger partial charge in [-0.3, -0.25) is 4.79 Å². The molecule has 24 heavy (non-hydrogen) atoms. The summed E-state index contributed by atoms with van der Waals surface area (Å²) < 4.78 is 1.10. The Morgan fingerprint density at radius 2 is 1.92 bits per heavy atom. The van der Waals surface area contributed by atoms with Crippen LogP contribution in [0.1, 0.15) is 33.5 Å². The van der Waals surface area contributed by atoms with Gasteiger partial charge in [-0.15, -0.1) is 0 Å². The number of amides is 1. The number of rotatable bonds is 4. The fourth-order valence-electron chi connectivity index (χ4n) is 3.12. The first-order valence-electron chi connectivity index (χ1n) is 7.91. The fourth-order valence-corrected chi connectivity index (χ4v) is 3.73. The van der Waals surface area contributed by atoms with E-state index < -0.39 is 5.97 Å². The van der Waals surface area contributed by atoms with Crippen LogP contribution in [0.15, 0.2) is 46.9 Å². The summed E-state index contributed by atoms with van der Waals surface area (Å²) in [6.45, 7) is 1.32. The van der Waals surface area contributed by atoms with Gasteiger partial charge in [-0.05, 0) is 41.7 Å². The Labute approximate surface area is 149 Å². The van der Waals surface area contributed by atoms with Crippen molar-refractivity contribution in [2.75, 3.05) is 6.54 Å². The largest absolute Gasteiger partial charge is 0.478 e. The molecule has 1 N–H and O–H groups in total. The predicted molar refractivity (Wildman–Crippen MR) is 95.0 cm³/mol. The number of carbonyl (C=O) groups excluding carboxylic acids is 1. The summed E-state index contributed by atoms with van der Waals surface area (Å²) in [5.41, 5.74) is 3.43. The Morgan fingerprint density at radius 1 is 1.12 bits per heavy atom. The number of hydrogen-bond acceptors (Lipinski definition) is 2. The smallest absolute Gasteiger partial charge is 0.335 e. The number of benzene rings is 2. The van der Waals surface area contributed by atoms with Gasteiger partial charge in [0, 0.05) is 24.0 Å². The standard InChI is InChI=1S/C19H18BrNO3/c20-17-7-3-5-14-12-21(11-10-15(14)17)18(22)9-8-13-4-1-2-6-16(13)19(23)24/h1-7H,8-12H2,(H,23,24). The molecule has 0 radical (unpaired) electrons. The summed E-state index contributed by atoms with van der Waals surface area (Å²) in [5, 5.41) is 9.22. The zero-order valence-corrected chi connectivity index (χ0v) is 14.8. The van der Waals surface area contributed by atoms with Gasteiger partial charge in [-0.25, -0.2) is 4.79 Å². The van der Waals surface area contributed by atoms with Gasteiger partial charge in [-0.2, -0.15) is 0 Å². The van der Waals surface area contributed by atoms with E-state index in [0.717, 1.165) is 10.9 Å². The molecule has 124 valence electrons. The predicted octanol–water partition coefficient (Wildman–Crippen LogP) is 3.66. The zero-order valence-electron chi connectivity index (χ0n) is 13.2. The van der Waals surface area contributed by atoms with E-state index in [9.17, 15) is 14.7 Å². The minimum atomic E-state index is -0.949. The fraction of sp³-hybridized carbons (Fsp3) is 0.263. The molecule has 0 saturated heterocycles. The maximum Gasteiger partial charge on any atom is 0.335 e. The van der Waals surface area contributed by atoms with Crippen LogP contribution < -0.4 is 0 Å².